The fourth-order valence-corrected chi connectivity index (χ4v) is 5.18. The Balaban J connectivity index is 1.60. The molecule has 1 fully saturated rings. The van der Waals surface area contributed by atoms with Crippen molar-refractivity contribution in [1.82, 2.24) is 19.9 Å². The van der Waals surface area contributed by atoms with Gasteiger partial charge in [0.2, 0.25) is 11.9 Å². The molecule has 0 aromatic carbocycles. The first kappa shape index (κ1) is 20.5. The van der Waals surface area contributed by atoms with Crippen LogP contribution >= 0.6 is 11.3 Å². The van der Waals surface area contributed by atoms with Gasteiger partial charge < -0.3 is 15.5 Å². The molecule has 3 amide bonds. The van der Waals surface area contributed by atoms with Gasteiger partial charge in [-0.05, 0) is 52.0 Å². The maximum atomic E-state index is 12.9. The fourth-order valence-electron chi connectivity index (χ4n) is 4.15. The number of hydrogen-bond acceptors (Lipinski definition) is 7. The van der Waals surface area contributed by atoms with Crippen LogP contribution in [0.5, 0.6) is 0 Å². The summed E-state index contributed by atoms with van der Waals surface area (Å²) < 4.78 is 0. The van der Waals surface area contributed by atoms with Crippen molar-refractivity contribution in [3.8, 4) is 10.6 Å². The molecule has 4 rings (SSSR count). The van der Waals surface area contributed by atoms with Crippen LogP contribution in [0.2, 0.25) is 0 Å². The second-order valence-electron chi connectivity index (χ2n) is 7.83. The zero-order valence-corrected chi connectivity index (χ0v) is 18.4. The molecule has 0 saturated carbocycles. The highest BCUT2D eigenvalue weighted by Gasteiger charge is 2.44. The van der Waals surface area contributed by atoms with Crippen LogP contribution in [0.3, 0.4) is 0 Å². The number of hydrogen-bond donors (Lipinski definition) is 2. The van der Waals surface area contributed by atoms with E-state index in [0.29, 0.717) is 24.0 Å². The number of aryl methyl sites for hydroxylation is 2. The number of primary amides is 1. The molecule has 1 saturated heterocycles. The summed E-state index contributed by atoms with van der Waals surface area (Å²) in [4.78, 5) is 43.3. The lowest BCUT2D eigenvalue weighted by Crippen LogP contribution is -2.55. The molecular formula is C20H27N7O2S. The molecular weight excluding hydrogens is 402 g/mol. The Labute approximate surface area is 179 Å². The van der Waals surface area contributed by atoms with Crippen LogP contribution in [0.15, 0.2) is 6.20 Å². The van der Waals surface area contributed by atoms with E-state index >= 15 is 0 Å². The highest BCUT2D eigenvalue weighted by molar-refractivity contribution is 7.19. The van der Waals surface area contributed by atoms with Crippen LogP contribution in [-0.4, -0.2) is 57.0 Å². The van der Waals surface area contributed by atoms with Crippen molar-refractivity contribution in [2.75, 3.05) is 29.9 Å². The number of likely N-dealkylation sites (tertiary alicyclic amines) is 1. The van der Waals surface area contributed by atoms with Crippen molar-refractivity contribution in [3.63, 3.8) is 0 Å². The SMILES string of the molecule is CCN(CC)c1ncc2c(n1)-c1sc(NC(=O)N3CCC[C@@]3(C)C(N)=O)nc1CC2. The number of urea groups is 1. The average Bonchev–Trinajstić information content (AvgIpc) is 3.33. The van der Waals surface area contributed by atoms with E-state index in [9.17, 15) is 9.59 Å². The summed E-state index contributed by atoms with van der Waals surface area (Å²) in [5.74, 6) is 0.225. The Morgan fingerprint density at radius 3 is 2.77 bits per heavy atom. The molecule has 0 unspecified atom stereocenters. The number of carbonyl (C=O) groups is 2. The van der Waals surface area contributed by atoms with Gasteiger partial charge in [-0.15, -0.1) is 0 Å². The summed E-state index contributed by atoms with van der Waals surface area (Å²) in [5, 5.41) is 3.39. The number of rotatable bonds is 5. The van der Waals surface area contributed by atoms with E-state index in [1.807, 2.05) is 6.20 Å². The first-order valence-electron chi connectivity index (χ1n) is 10.4. The molecule has 1 atom stereocenters. The number of nitrogens with two attached hydrogens (primary N) is 1. The monoisotopic (exact) mass is 429 g/mol. The number of carbonyl (C=O) groups excluding carboxylic acids is 2. The zero-order chi connectivity index (χ0) is 21.5. The van der Waals surface area contributed by atoms with E-state index in [-0.39, 0.29) is 6.03 Å². The van der Waals surface area contributed by atoms with Crippen molar-refractivity contribution in [3.05, 3.63) is 17.5 Å². The van der Waals surface area contributed by atoms with Crippen molar-refractivity contribution >= 4 is 34.4 Å². The normalized spacial score (nSPS) is 19.9. The zero-order valence-electron chi connectivity index (χ0n) is 17.6. The topological polar surface area (TPSA) is 117 Å². The first-order chi connectivity index (χ1) is 14.4. The Morgan fingerprint density at radius 2 is 2.07 bits per heavy atom. The number of aromatic nitrogens is 3. The van der Waals surface area contributed by atoms with Crippen LogP contribution in [0.25, 0.3) is 10.6 Å². The van der Waals surface area contributed by atoms with Crippen molar-refractivity contribution in [2.24, 2.45) is 5.73 Å². The molecule has 2 aliphatic rings. The lowest BCUT2D eigenvalue weighted by molar-refractivity contribution is -0.126. The standard InChI is InChI=1S/C20H27N7O2S/c1-4-26(5-2)17-22-11-12-7-8-13-15(14(12)24-17)30-18(23-13)25-19(29)27-10-6-9-20(27,3)16(21)28/h11H,4-10H2,1-3H3,(H2,21,28)(H,23,25,29)/t20-/m0/s1. The quantitative estimate of drug-likeness (QED) is 0.754. The number of nitrogens with one attached hydrogen (secondary N) is 1. The maximum absolute atomic E-state index is 12.9. The summed E-state index contributed by atoms with van der Waals surface area (Å²) >= 11 is 1.41. The van der Waals surface area contributed by atoms with Crippen molar-refractivity contribution in [1.29, 1.82) is 0 Å². The fraction of sp³-hybridized carbons (Fsp3) is 0.550. The molecule has 3 N–H and O–H groups in total. The molecule has 1 aliphatic carbocycles. The molecule has 3 heterocycles. The highest BCUT2D eigenvalue weighted by atomic mass is 32.1. The number of fused-ring (bicyclic) bond motifs is 3. The van der Waals surface area contributed by atoms with Crippen molar-refractivity contribution in [2.45, 2.75) is 52.0 Å². The minimum atomic E-state index is -0.959. The molecule has 160 valence electrons. The molecule has 0 bridgehead atoms. The second kappa shape index (κ2) is 7.82. The van der Waals surface area contributed by atoms with E-state index < -0.39 is 11.4 Å². The third kappa shape index (κ3) is 3.38. The summed E-state index contributed by atoms with van der Waals surface area (Å²) in [7, 11) is 0. The smallest absolute Gasteiger partial charge is 0.324 e. The minimum Gasteiger partial charge on any atom is -0.368 e. The molecule has 30 heavy (non-hydrogen) atoms. The third-order valence-corrected chi connectivity index (χ3v) is 7.09. The number of nitrogens with zero attached hydrogens (tertiary/aromatic N) is 5. The van der Waals surface area contributed by atoms with Crippen LogP contribution in [0.4, 0.5) is 15.9 Å². The third-order valence-electron chi connectivity index (χ3n) is 6.07. The summed E-state index contributed by atoms with van der Waals surface area (Å²) in [6.45, 7) is 8.05. The van der Waals surface area contributed by atoms with E-state index in [1.165, 1.54) is 16.2 Å². The first-order valence-corrected chi connectivity index (χ1v) is 11.2. The number of amides is 3. The second-order valence-corrected chi connectivity index (χ2v) is 8.83. The summed E-state index contributed by atoms with van der Waals surface area (Å²) in [5.41, 5.74) is 7.53. The number of anilines is 2. The van der Waals surface area contributed by atoms with Gasteiger partial charge in [0.25, 0.3) is 0 Å². The molecule has 1 aliphatic heterocycles. The van der Waals surface area contributed by atoms with Gasteiger partial charge in [0.05, 0.1) is 16.3 Å². The van der Waals surface area contributed by atoms with Crippen LogP contribution in [0, 0.1) is 0 Å². The summed E-state index contributed by atoms with van der Waals surface area (Å²) in [6.07, 6.45) is 4.83. The highest BCUT2D eigenvalue weighted by Crippen LogP contribution is 2.39. The predicted molar refractivity (Wildman–Crippen MR) is 117 cm³/mol. The Bertz CT molecular complexity index is 988. The van der Waals surface area contributed by atoms with Gasteiger partial charge in [-0.1, -0.05) is 11.3 Å². The van der Waals surface area contributed by atoms with E-state index in [2.05, 4.69) is 34.0 Å². The molecule has 2 aromatic rings. The van der Waals surface area contributed by atoms with Gasteiger partial charge >= 0.3 is 6.03 Å². The molecule has 0 spiro atoms. The van der Waals surface area contributed by atoms with E-state index in [4.69, 9.17) is 10.7 Å². The lowest BCUT2D eigenvalue weighted by Gasteiger charge is -2.31. The molecule has 9 nitrogen and oxygen atoms in total. The molecule has 2 aromatic heterocycles. The van der Waals surface area contributed by atoms with Crippen LogP contribution < -0.4 is 16.0 Å². The molecule has 0 radical (unpaired) electrons. The van der Waals surface area contributed by atoms with Gasteiger partial charge in [0.1, 0.15) is 5.54 Å². The number of thiazole rings is 1. The average molecular weight is 430 g/mol. The van der Waals surface area contributed by atoms with Gasteiger partial charge in [-0.3, -0.25) is 10.1 Å². The predicted octanol–water partition coefficient (Wildman–Crippen LogP) is 2.42. The molecule has 10 heteroatoms. The lowest BCUT2D eigenvalue weighted by atomic mass is 9.98. The van der Waals surface area contributed by atoms with Crippen molar-refractivity contribution < 1.29 is 9.59 Å². The van der Waals surface area contributed by atoms with E-state index in [1.54, 1.807) is 6.92 Å². The summed E-state index contributed by atoms with van der Waals surface area (Å²) in [6, 6.07) is -0.341. The Kier molecular flexibility index (Phi) is 5.35. The Morgan fingerprint density at radius 1 is 1.30 bits per heavy atom. The van der Waals surface area contributed by atoms with Gasteiger partial charge in [-0.25, -0.2) is 19.7 Å². The maximum Gasteiger partial charge on any atom is 0.324 e. The van der Waals surface area contributed by atoms with E-state index in [0.717, 1.165) is 54.2 Å². The Hall–Kier alpha value is -2.75. The van der Waals surface area contributed by atoms with Crippen LogP contribution in [-0.2, 0) is 17.6 Å². The van der Waals surface area contributed by atoms with Gasteiger partial charge in [0, 0.05) is 25.8 Å². The van der Waals surface area contributed by atoms with Gasteiger partial charge in [0.15, 0.2) is 5.13 Å². The van der Waals surface area contributed by atoms with Gasteiger partial charge in [-0.2, -0.15) is 0 Å². The van der Waals surface area contributed by atoms with Crippen LogP contribution in [0.1, 0.15) is 44.9 Å². The minimum absolute atomic E-state index is 0.341. The largest absolute Gasteiger partial charge is 0.368 e.